The Kier molecular flexibility index (Phi) is 5.08. The lowest BCUT2D eigenvalue weighted by Crippen LogP contribution is -2.46. The molecule has 1 saturated heterocycles. The minimum Gasteiger partial charge on any atom is -0.296 e. The molecule has 6 heteroatoms. The summed E-state index contributed by atoms with van der Waals surface area (Å²) >= 11 is 7.95. The molecule has 0 aliphatic carbocycles. The minimum atomic E-state index is 0.355. The summed E-state index contributed by atoms with van der Waals surface area (Å²) in [4.78, 5) is 4.96. The first-order valence-electron chi connectivity index (χ1n) is 7.63. The summed E-state index contributed by atoms with van der Waals surface area (Å²) in [6, 6.07) is 8.47. The number of rotatable bonds is 4. The second-order valence-corrected chi connectivity index (χ2v) is 7.36. The normalized spacial score (nSPS) is 18.5. The average molecular weight is 337 g/mol. The van der Waals surface area contributed by atoms with Crippen molar-refractivity contribution in [2.24, 2.45) is 0 Å². The van der Waals surface area contributed by atoms with E-state index in [-0.39, 0.29) is 0 Å². The lowest BCUT2D eigenvalue weighted by atomic mass is 10.2. The van der Waals surface area contributed by atoms with Gasteiger partial charge in [-0.25, -0.2) is 0 Å². The highest BCUT2D eigenvalue weighted by molar-refractivity contribution is 7.11. The van der Waals surface area contributed by atoms with Gasteiger partial charge in [0.15, 0.2) is 0 Å². The zero-order chi connectivity index (χ0) is 15.5. The predicted octanol–water partition coefficient (Wildman–Crippen LogP) is 3.38. The van der Waals surface area contributed by atoms with Crippen molar-refractivity contribution in [3.05, 3.63) is 44.9 Å². The molecule has 0 amide bonds. The largest absolute Gasteiger partial charge is 0.296 e. The van der Waals surface area contributed by atoms with Crippen LogP contribution in [-0.2, 0) is 6.54 Å². The Labute approximate surface area is 140 Å². The summed E-state index contributed by atoms with van der Waals surface area (Å²) in [6.07, 6.45) is 0. The van der Waals surface area contributed by atoms with Crippen molar-refractivity contribution >= 4 is 22.9 Å². The van der Waals surface area contributed by atoms with Gasteiger partial charge in [-0.3, -0.25) is 9.80 Å². The highest BCUT2D eigenvalue weighted by Crippen LogP contribution is 2.25. The first-order valence-corrected chi connectivity index (χ1v) is 8.83. The van der Waals surface area contributed by atoms with E-state index in [2.05, 4.69) is 39.1 Å². The second kappa shape index (κ2) is 7.04. The van der Waals surface area contributed by atoms with Crippen molar-refractivity contribution in [1.82, 2.24) is 20.0 Å². The van der Waals surface area contributed by atoms with Gasteiger partial charge in [-0.05, 0) is 25.5 Å². The van der Waals surface area contributed by atoms with Gasteiger partial charge >= 0.3 is 0 Å². The number of aryl methyl sites for hydroxylation is 1. The van der Waals surface area contributed by atoms with Crippen molar-refractivity contribution in [3.8, 4) is 0 Å². The van der Waals surface area contributed by atoms with Crippen LogP contribution in [0.1, 0.15) is 28.5 Å². The Morgan fingerprint density at radius 3 is 2.55 bits per heavy atom. The lowest BCUT2D eigenvalue weighted by molar-refractivity contribution is 0.0975. The molecule has 0 saturated carbocycles. The number of nitrogens with zero attached hydrogens (tertiary/aromatic N) is 4. The van der Waals surface area contributed by atoms with Crippen molar-refractivity contribution in [2.45, 2.75) is 26.4 Å². The Balaban J connectivity index is 1.55. The van der Waals surface area contributed by atoms with Crippen molar-refractivity contribution in [1.29, 1.82) is 0 Å². The Morgan fingerprint density at radius 1 is 1.18 bits per heavy atom. The molecule has 1 aliphatic rings. The summed E-state index contributed by atoms with van der Waals surface area (Å²) in [5.74, 6) is 0. The summed E-state index contributed by atoms with van der Waals surface area (Å²) in [5.41, 5.74) is 1.21. The van der Waals surface area contributed by atoms with Crippen LogP contribution in [-0.4, -0.2) is 46.2 Å². The summed E-state index contributed by atoms with van der Waals surface area (Å²) < 4.78 is 0. The van der Waals surface area contributed by atoms with E-state index in [1.165, 1.54) is 5.56 Å². The van der Waals surface area contributed by atoms with Crippen molar-refractivity contribution in [2.75, 3.05) is 26.2 Å². The van der Waals surface area contributed by atoms with E-state index in [4.69, 9.17) is 11.6 Å². The average Bonchev–Trinajstić information content (AvgIpc) is 2.96. The van der Waals surface area contributed by atoms with Gasteiger partial charge in [0.2, 0.25) is 0 Å². The molecule has 0 unspecified atom stereocenters. The molecule has 1 atom stereocenters. The van der Waals surface area contributed by atoms with Gasteiger partial charge in [-0.1, -0.05) is 29.8 Å². The van der Waals surface area contributed by atoms with Gasteiger partial charge in [-0.15, -0.1) is 21.5 Å². The Bertz CT molecular complexity index is 622. The molecule has 0 N–H and O–H groups in total. The van der Waals surface area contributed by atoms with Crippen LogP contribution in [0, 0.1) is 6.92 Å². The summed E-state index contributed by atoms with van der Waals surface area (Å²) in [5, 5.41) is 11.4. The molecule has 1 aromatic heterocycles. The standard InChI is InChI=1S/C16H21ClN4S/c1-12(16-19-18-13(2)22-16)21-9-7-20(8-10-21)11-14-5-3-4-6-15(14)17/h3-6,12H,7-11H2,1-2H3/t12-/m0/s1. The number of hydrogen-bond acceptors (Lipinski definition) is 5. The van der Waals surface area contributed by atoms with Crippen molar-refractivity contribution < 1.29 is 0 Å². The number of piperazine rings is 1. The van der Waals surface area contributed by atoms with Crippen LogP contribution >= 0.6 is 22.9 Å². The molecular formula is C16H21ClN4S. The van der Waals surface area contributed by atoms with Crippen LogP contribution in [0.25, 0.3) is 0 Å². The van der Waals surface area contributed by atoms with Crippen LogP contribution in [0.5, 0.6) is 0 Å². The van der Waals surface area contributed by atoms with Crippen LogP contribution < -0.4 is 0 Å². The second-order valence-electron chi connectivity index (χ2n) is 5.74. The molecule has 0 spiro atoms. The van der Waals surface area contributed by atoms with E-state index >= 15 is 0 Å². The molecule has 0 radical (unpaired) electrons. The molecule has 0 bridgehead atoms. The van der Waals surface area contributed by atoms with E-state index < -0.39 is 0 Å². The quantitative estimate of drug-likeness (QED) is 0.856. The zero-order valence-corrected chi connectivity index (χ0v) is 14.6. The monoisotopic (exact) mass is 336 g/mol. The molecular weight excluding hydrogens is 316 g/mol. The van der Waals surface area contributed by atoms with Gasteiger partial charge in [0.25, 0.3) is 0 Å². The maximum atomic E-state index is 6.25. The maximum absolute atomic E-state index is 6.25. The van der Waals surface area contributed by atoms with Crippen LogP contribution in [0.3, 0.4) is 0 Å². The molecule has 118 valence electrons. The first kappa shape index (κ1) is 15.9. The fourth-order valence-corrected chi connectivity index (χ4v) is 3.79. The number of hydrogen-bond donors (Lipinski definition) is 0. The highest BCUT2D eigenvalue weighted by Gasteiger charge is 2.24. The van der Waals surface area contributed by atoms with E-state index in [0.717, 1.165) is 47.8 Å². The summed E-state index contributed by atoms with van der Waals surface area (Å²) in [6.45, 7) is 9.41. The molecule has 22 heavy (non-hydrogen) atoms. The molecule has 3 rings (SSSR count). The van der Waals surface area contributed by atoms with Gasteiger partial charge in [0.1, 0.15) is 10.0 Å². The third-order valence-electron chi connectivity index (χ3n) is 4.21. The van der Waals surface area contributed by atoms with E-state index in [1.54, 1.807) is 11.3 Å². The molecule has 1 aromatic carbocycles. The van der Waals surface area contributed by atoms with E-state index in [1.807, 2.05) is 19.1 Å². The Morgan fingerprint density at radius 2 is 1.91 bits per heavy atom. The SMILES string of the molecule is Cc1nnc([C@H](C)N2CCN(Cc3ccccc3Cl)CC2)s1. The zero-order valence-electron chi connectivity index (χ0n) is 13.0. The fraction of sp³-hybridized carbons (Fsp3) is 0.500. The van der Waals surface area contributed by atoms with Crippen LogP contribution in [0.15, 0.2) is 24.3 Å². The van der Waals surface area contributed by atoms with Crippen LogP contribution in [0.4, 0.5) is 0 Å². The molecule has 2 heterocycles. The van der Waals surface area contributed by atoms with Crippen molar-refractivity contribution in [3.63, 3.8) is 0 Å². The molecule has 1 fully saturated rings. The highest BCUT2D eigenvalue weighted by atomic mass is 35.5. The van der Waals surface area contributed by atoms with Gasteiger partial charge < -0.3 is 0 Å². The number of halogens is 1. The van der Waals surface area contributed by atoms with Gasteiger partial charge in [-0.2, -0.15) is 0 Å². The van der Waals surface area contributed by atoms with E-state index in [9.17, 15) is 0 Å². The first-order chi connectivity index (χ1) is 10.6. The summed E-state index contributed by atoms with van der Waals surface area (Å²) in [7, 11) is 0. The molecule has 1 aliphatic heterocycles. The lowest BCUT2D eigenvalue weighted by Gasteiger charge is -2.37. The van der Waals surface area contributed by atoms with E-state index in [0.29, 0.717) is 6.04 Å². The number of aromatic nitrogens is 2. The fourth-order valence-electron chi connectivity index (χ4n) is 2.81. The van der Waals surface area contributed by atoms with Gasteiger partial charge in [0.05, 0.1) is 6.04 Å². The molecule has 2 aromatic rings. The topological polar surface area (TPSA) is 32.3 Å². The maximum Gasteiger partial charge on any atom is 0.134 e. The Hall–Kier alpha value is -1.01. The molecule has 4 nitrogen and oxygen atoms in total. The third-order valence-corrected chi connectivity index (χ3v) is 5.58. The van der Waals surface area contributed by atoms with Crippen LogP contribution in [0.2, 0.25) is 5.02 Å². The predicted molar refractivity (Wildman–Crippen MR) is 91.4 cm³/mol. The van der Waals surface area contributed by atoms with Gasteiger partial charge in [0, 0.05) is 37.7 Å². The number of benzene rings is 1. The smallest absolute Gasteiger partial charge is 0.134 e. The third kappa shape index (κ3) is 3.66. The minimum absolute atomic E-state index is 0.355.